The van der Waals surface area contributed by atoms with Crippen LogP contribution < -0.4 is 14.8 Å². The van der Waals surface area contributed by atoms with Crippen molar-refractivity contribution in [3.63, 3.8) is 0 Å². The molecule has 2 heterocycles. The van der Waals surface area contributed by atoms with Crippen LogP contribution in [0.4, 0.5) is 0 Å². The van der Waals surface area contributed by atoms with Gasteiger partial charge in [-0.3, -0.25) is 9.20 Å². The standard InChI is InChI=1S/C18H18N4O3S/c1-24-16-9-13(10-19)4-5-15(16)25-7-2-3-17(23)20-11-14-12-22-6-8-26-18(22)21-14/h4-6,8-9,12H,2-3,7,11H2,1H3,(H,20,23). The summed E-state index contributed by atoms with van der Waals surface area (Å²) in [5.74, 6) is 1.02. The molecule has 7 nitrogen and oxygen atoms in total. The monoisotopic (exact) mass is 370 g/mol. The van der Waals surface area contributed by atoms with Gasteiger partial charge in [-0.25, -0.2) is 4.98 Å². The fourth-order valence-corrected chi connectivity index (χ4v) is 3.13. The average molecular weight is 370 g/mol. The summed E-state index contributed by atoms with van der Waals surface area (Å²) in [6, 6.07) is 7.04. The Hall–Kier alpha value is -3.05. The van der Waals surface area contributed by atoms with Crippen LogP contribution in [0.1, 0.15) is 24.1 Å². The molecular weight excluding hydrogens is 352 g/mol. The average Bonchev–Trinajstić information content (AvgIpc) is 3.25. The van der Waals surface area contributed by atoms with E-state index in [1.165, 1.54) is 7.11 Å². The number of carbonyl (C=O) groups excluding carboxylic acids is 1. The highest BCUT2D eigenvalue weighted by Gasteiger charge is 2.08. The number of benzene rings is 1. The quantitative estimate of drug-likeness (QED) is 0.616. The van der Waals surface area contributed by atoms with Gasteiger partial charge in [-0.2, -0.15) is 5.26 Å². The predicted molar refractivity (Wildman–Crippen MR) is 97.4 cm³/mol. The molecule has 1 amide bonds. The van der Waals surface area contributed by atoms with Gasteiger partial charge in [0.25, 0.3) is 0 Å². The van der Waals surface area contributed by atoms with E-state index in [1.807, 2.05) is 22.2 Å². The van der Waals surface area contributed by atoms with Crippen molar-refractivity contribution in [2.75, 3.05) is 13.7 Å². The van der Waals surface area contributed by atoms with E-state index in [-0.39, 0.29) is 5.91 Å². The molecule has 0 aliphatic rings. The smallest absolute Gasteiger partial charge is 0.220 e. The first-order valence-electron chi connectivity index (χ1n) is 8.08. The van der Waals surface area contributed by atoms with Gasteiger partial charge in [0.15, 0.2) is 16.5 Å². The molecule has 8 heteroatoms. The van der Waals surface area contributed by atoms with Crippen LogP contribution in [0.25, 0.3) is 4.96 Å². The van der Waals surface area contributed by atoms with Crippen LogP contribution in [0.5, 0.6) is 11.5 Å². The SMILES string of the molecule is COc1cc(C#N)ccc1OCCCC(=O)NCc1cn2ccsc2n1. The summed E-state index contributed by atoms with van der Waals surface area (Å²) in [7, 11) is 1.52. The summed E-state index contributed by atoms with van der Waals surface area (Å²) < 4.78 is 12.8. The molecule has 3 aromatic rings. The number of hydrogen-bond donors (Lipinski definition) is 1. The third kappa shape index (κ3) is 4.32. The maximum absolute atomic E-state index is 11.9. The number of amides is 1. The lowest BCUT2D eigenvalue weighted by molar-refractivity contribution is -0.121. The molecule has 0 fully saturated rings. The van der Waals surface area contributed by atoms with Crippen molar-refractivity contribution in [2.45, 2.75) is 19.4 Å². The molecule has 0 bridgehead atoms. The Balaban J connectivity index is 1.40. The molecule has 26 heavy (non-hydrogen) atoms. The van der Waals surface area contributed by atoms with Gasteiger partial charge in [-0.1, -0.05) is 0 Å². The summed E-state index contributed by atoms with van der Waals surface area (Å²) in [5.41, 5.74) is 1.34. The van der Waals surface area contributed by atoms with Gasteiger partial charge < -0.3 is 14.8 Å². The van der Waals surface area contributed by atoms with Gasteiger partial charge in [-0.15, -0.1) is 11.3 Å². The lowest BCUT2D eigenvalue weighted by Crippen LogP contribution is -2.23. The van der Waals surface area contributed by atoms with Crippen LogP contribution >= 0.6 is 11.3 Å². The fourth-order valence-electron chi connectivity index (χ4n) is 2.41. The molecule has 3 rings (SSSR count). The van der Waals surface area contributed by atoms with Crippen LogP contribution in [0.2, 0.25) is 0 Å². The number of methoxy groups -OCH3 is 1. The molecule has 1 N–H and O–H groups in total. The minimum atomic E-state index is -0.0447. The largest absolute Gasteiger partial charge is 0.493 e. The predicted octanol–water partition coefficient (Wildman–Crippen LogP) is 2.75. The molecule has 134 valence electrons. The first-order chi connectivity index (χ1) is 12.7. The number of imidazole rings is 1. The van der Waals surface area contributed by atoms with Crippen LogP contribution in [0.15, 0.2) is 36.0 Å². The van der Waals surface area contributed by atoms with Gasteiger partial charge >= 0.3 is 0 Å². The summed E-state index contributed by atoms with van der Waals surface area (Å²) in [4.78, 5) is 17.3. The fraction of sp³-hybridized carbons (Fsp3) is 0.278. The highest BCUT2D eigenvalue weighted by atomic mass is 32.1. The Morgan fingerprint density at radius 2 is 2.31 bits per heavy atom. The van der Waals surface area contributed by atoms with Gasteiger partial charge in [0.2, 0.25) is 5.91 Å². The molecule has 1 aromatic carbocycles. The number of carbonyl (C=O) groups is 1. The molecule has 0 atom stereocenters. The number of nitriles is 1. The Morgan fingerprint density at radius 3 is 3.08 bits per heavy atom. The second kappa shape index (κ2) is 8.36. The Bertz CT molecular complexity index is 913. The van der Waals surface area contributed by atoms with E-state index in [2.05, 4.69) is 16.4 Å². The van der Waals surface area contributed by atoms with E-state index in [0.717, 1.165) is 10.7 Å². The molecule has 0 spiro atoms. The van der Waals surface area contributed by atoms with Gasteiger partial charge in [-0.05, 0) is 18.6 Å². The van der Waals surface area contributed by atoms with Crippen molar-refractivity contribution in [3.8, 4) is 17.6 Å². The van der Waals surface area contributed by atoms with E-state index in [0.29, 0.717) is 43.1 Å². The van der Waals surface area contributed by atoms with Crippen molar-refractivity contribution in [3.05, 3.63) is 47.2 Å². The number of nitrogens with one attached hydrogen (secondary N) is 1. The summed E-state index contributed by atoms with van der Waals surface area (Å²) in [6.07, 6.45) is 4.79. The van der Waals surface area contributed by atoms with Gasteiger partial charge in [0.05, 0.1) is 37.6 Å². The Morgan fingerprint density at radius 1 is 1.42 bits per heavy atom. The molecule has 0 saturated carbocycles. The highest BCUT2D eigenvalue weighted by molar-refractivity contribution is 7.15. The third-order valence-corrected chi connectivity index (χ3v) is 4.48. The molecular formula is C18H18N4O3S. The lowest BCUT2D eigenvalue weighted by atomic mass is 10.2. The Kier molecular flexibility index (Phi) is 5.71. The highest BCUT2D eigenvalue weighted by Crippen LogP contribution is 2.27. The maximum atomic E-state index is 11.9. The Labute approximate surface area is 154 Å². The van der Waals surface area contributed by atoms with Crippen molar-refractivity contribution >= 4 is 22.2 Å². The second-order valence-electron chi connectivity index (χ2n) is 5.53. The van der Waals surface area contributed by atoms with Crippen molar-refractivity contribution < 1.29 is 14.3 Å². The zero-order valence-corrected chi connectivity index (χ0v) is 15.1. The number of hydrogen-bond acceptors (Lipinski definition) is 6. The maximum Gasteiger partial charge on any atom is 0.220 e. The van der Waals surface area contributed by atoms with Gasteiger partial charge in [0.1, 0.15) is 0 Å². The van der Waals surface area contributed by atoms with Crippen LogP contribution in [-0.2, 0) is 11.3 Å². The van der Waals surface area contributed by atoms with Gasteiger partial charge in [0, 0.05) is 30.3 Å². The minimum absolute atomic E-state index is 0.0447. The molecule has 0 aliphatic heterocycles. The molecule has 0 unspecified atom stereocenters. The number of rotatable bonds is 8. The second-order valence-corrected chi connectivity index (χ2v) is 6.40. The summed E-state index contributed by atoms with van der Waals surface area (Å²) in [6.45, 7) is 0.799. The number of fused-ring (bicyclic) bond motifs is 1. The molecule has 0 radical (unpaired) electrons. The zero-order valence-electron chi connectivity index (χ0n) is 14.3. The van der Waals surface area contributed by atoms with E-state index >= 15 is 0 Å². The van der Waals surface area contributed by atoms with E-state index in [1.54, 1.807) is 29.5 Å². The number of aromatic nitrogens is 2. The first-order valence-corrected chi connectivity index (χ1v) is 8.96. The van der Waals surface area contributed by atoms with Crippen LogP contribution in [0.3, 0.4) is 0 Å². The van der Waals surface area contributed by atoms with Crippen molar-refractivity contribution in [1.82, 2.24) is 14.7 Å². The minimum Gasteiger partial charge on any atom is -0.493 e. The number of ether oxygens (including phenoxy) is 2. The number of nitrogens with zero attached hydrogens (tertiary/aromatic N) is 3. The molecule has 0 aliphatic carbocycles. The zero-order chi connectivity index (χ0) is 18.4. The van der Waals surface area contributed by atoms with E-state index < -0.39 is 0 Å². The van der Waals surface area contributed by atoms with E-state index in [4.69, 9.17) is 14.7 Å². The van der Waals surface area contributed by atoms with Crippen LogP contribution in [0, 0.1) is 11.3 Å². The van der Waals surface area contributed by atoms with Crippen molar-refractivity contribution in [1.29, 1.82) is 5.26 Å². The molecule has 2 aromatic heterocycles. The summed E-state index contributed by atoms with van der Waals surface area (Å²) >= 11 is 1.56. The number of thiazole rings is 1. The normalized spacial score (nSPS) is 10.5. The first kappa shape index (κ1) is 17.8. The molecule has 0 saturated heterocycles. The topological polar surface area (TPSA) is 88.6 Å². The van der Waals surface area contributed by atoms with Crippen LogP contribution in [-0.4, -0.2) is 29.0 Å². The van der Waals surface area contributed by atoms with E-state index in [9.17, 15) is 4.79 Å². The van der Waals surface area contributed by atoms with Crippen molar-refractivity contribution in [2.24, 2.45) is 0 Å². The third-order valence-electron chi connectivity index (χ3n) is 3.71. The lowest BCUT2D eigenvalue weighted by Gasteiger charge is -2.10. The summed E-state index contributed by atoms with van der Waals surface area (Å²) in [5, 5.41) is 13.7.